The lowest BCUT2D eigenvalue weighted by Crippen LogP contribution is -1.96. The van der Waals surface area contributed by atoms with Crippen LogP contribution in [0.15, 0.2) is 39.5 Å². The number of nitrogens with zero attached hydrogens (tertiary/aromatic N) is 2. The van der Waals surface area contributed by atoms with Crippen molar-refractivity contribution in [2.24, 2.45) is 0 Å². The number of ether oxygens (including phenoxy) is 1. The third-order valence-corrected chi connectivity index (χ3v) is 3.67. The van der Waals surface area contributed by atoms with E-state index in [0.29, 0.717) is 23.2 Å². The summed E-state index contributed by atoms with van der Waals surface area (Å²) in [6.07, 6.45) is 0. The molecule has 0 amide bonds. The number of nitrogens with two attached hydrogens (primary N) is 1. The van der Waals surface area contributed by atoms with E-state index in [9.17, 15) is 0 Å². The smallest absolute Gasteiger partial charge is 0.264 e. The minimum absolute atomic E-state index is 0.236. The lowest BCUT2D eigenvalue weighted by Gasteiger charge is -2.02. The zero-order valence-electron chi connectivity index (χ0n) is 10.9. The maximum absolute atomic E-state index is 5.61. The van der Waals surface area contributed by atoms with E-state index >= 15 is 0 Å². The first-order chi connectivity index (χ1) is 9.72. The van der Waals surface area contributed by atoms with E-state index in [2.05, 4.69) is 15.5 Å². The van der Waals surface area contributed by atoms with Crippen molar-refractivity contribution in [3.63, 3.8) is 0 Å². The second-order valence-corrected chi connectivity index (χ2v) is 5.08. The lowest BCUT2D eigenvalue weighted by molar-refractivity contribution is 0.243. The van der Waals surface area contributed by atoms with Gasteiger partial charge >= 0.3 is 0 Å². The molecule has 0 aliphatic carbocycles. The third kappa shape index (κ3) is 2.65. The van der Waals surface area contributed by atoms with Gasteiger partial charge in [-0.2, -0.15) is 16.3 Å². The van der Waals surface area contributed by atoms with Crippen LogP contribution >= 0.6 is 11.3 Å². The highest BCUT2D eigenvalue weighted by Gasteiger charge is 2.11. The van der Waals surface area contributed by atoms with Crippen LogP contribution in [0.3, 0.4) is 0 Å². The van der Waals surface area contributed by atoms with E-state index in [0.717, 1.165) is 11.1 Å². The van der Waals surface area contributed by atoms with Gasteiger partial charge in [0.15, 0.2) is 6.61 Å². The van der Waals surface area contributed by atoms with Crippen molar-refractivity contribution >= 4 is 17.0 Å². The molecule has 0 atom stereocenters. The molecule has 0 aliphatic heterocycles. The normalized spacial score (nSPS) is 10.7. The van der Waals surface area contributed by atoms with Crippen LogP contribution in [0, 0.1) is 6.92 Å². The molecule has 0 aliphatic rings. The van der Waals surface area contributed by atoms with Gasteiger partial charge in [0.25, 0.3) is 5.89 Å². The van der Waals surface area contributed by atoms with E-state index in [1.165, 1.54) is 0 Å². The topological polar surface area (TPSA) is 74.2 Å². The molecule has 2 heterocycles. The highest BCUT2D eigenvalue weighted by molar-refractivity contribution is 7.08. The van der Waals surface area contributed by atoms with Crippen molar-refractivity contribution < 1.29 is 9.26 Å². The zero-order chi connectivity index (χ0) is 13.9. The Morgan fingerprint density at radius 3 is 2.75 bits per heavy atom. The average Bonchev–Trinajstić information content (AvgIpc) is 3.06. The van der Waals surface area contributed by atoms with Gasteiger partial charge in [0.2, 0.25) is 5.82 Å². The van der Waals surface area contributed by atoms with Gasteiger partial charge in [0.1, 0.15) is 5.75 Å². The van der Waals surface area contributed by atoms with Crippen molar-refractivity contribution in [1.29, 1.82) is 0 Å². The number of rotatable bonds is 4. The number of hydrogen-bond acceptors (Lipinski definition) is 6. The molecule has 0 saturated carbocycles. The number of anilines is 1. The molecular weight excluding hydrogens is 274 g/mol. The van der Waals surface area contributed by atoms with Gasteiger partial charge in [0.05, 0.1) is 0 Å². The fourth-order valence-electron chi connectivity index (χ4n) is 1.72. The Balaban J connectivity index is 1.69. The van der Waals surface area contributed by atoms with Crippen molar-refractivity contribution in [2.45, 2.75) is 13.5 Å². The number of aromatic nitrogens is 2. The zero-order valence-corrected chi connectivity index (χ0v) is 11.7. The monoisotopic (exact) mass is 287 g/mol. The van der Waals surface area contributed by atoms with Gasteiger partial charge in [0, 0.05) is 16.6 Å². The number of aryl methyl sites for hydroxylation is 1. The minimum atomic E-state index is 0.236. The molecule has 1 aromatic carbocycles. The Morgan fingerprint density at radius 1 is 1.25 bits per heavy atom. The number of benzene rings is 1. The molecule has 6 heteroatoms. The molecule has 5 nitrogen and oxygen atoms in total. The molecule has 0 bridgehead atoms. The molecule has 0 radical (unpaired) electrons. The van der Waals surface area contributed by atoms with E-state index in [4.69, 9.17) is 15.0 Å². The van der Waals surface area contributed by atoms with Gasteiger partial charge in [-0.15, -0.1) is 0 Å². The molecule has 0 saturated heterocycles. The van der Waals surface area contributed by atoms with Crippen LogP contribution in [-0.4, -0.2) is 10.1 Å². The first-order valence-electron chi connectivity index (χ1n) is 6.06. The molecule has 0 fully saturated rings. The number of nitrogen functional groups attached to an aromatic ring is 1. The summed E-state index contributed by atoms with van der Waals surface area (Å²) >= 11 is 1.62. The number of thiophene rings is 1. The van der Waals surface area contributed by atoms with E-state index in [1.807, 2.05) is 12.3 Å². The summed E-state index contributed by atoms with van der Waals surface area (Å²) < 4.78 is 10.7. The predicted molar refractivity (Wildman–Crippen MR) is 77.5 cm³/mol. The lowest BCUT2D eigenvalue weighted by atomic mass is 10.2. The number of hydrogen-bond donors (Lipinski definition) is 1. The van der Waals surface area contributed by atoms with E-state index < -0.39 is 0 Å². The SMILES string of the molecule is Cc1cscc1-c1noc(COc2ccc(N)cc2)n1. The van der Waals surface area contributed by atoms with Gasteiger partial charge in [-0.1, -0.05) is 5.16 Å². The van der Waals surface area contributed by atoms with Crippen molar-refractivity contribution in [2.75, 3.05) is 5.73 Å². The molecule has 20 heavy (non-hydrogen) atoms. The molecule has 102 valence electrons. The summed E-state index contributed by atoms with van der Waals surface area (Å²) in [6, 6.07) is 7.16. The molecule has 3 aromatic rings. The van der Waals surface area contributed by atoms with Crippen LogP contribution < -0.4 is 10.5 Å². The fourth-order valence-corrected chi connectivity index (χ4v) is 2.55. The summed E-state index contributed by atoms with van der Waals surface area (Å²) in [5.74, 6) is 1.76. The molecule has 0 spiro atoms. The Bertz CT molecular complexity index is 703. The quantitative estimate of drug-likeness (QED) is 0.745. The molecule has 2 aromatic heterocycles. The average molecular weight is 287 g/mol. The van der Waals surface area contributed by atoms with Crippen LogP contribution in [0.4, 0.5) is 5.69 Å². The van der Waals surface area contributed by atoms with Gasteiger partial charge in [-0.3, -0.25) is 0 Å². The Kier molecular flexibility index (Phi) is 3.39. The van der Waals surface area contributed by atoms with Crippen LogP contribution in [0.5, 0.6) is 5.75 Å². The summed E-state index contributed by atoms with van der Waals surface area (Å²) in [6.45, 7) is 2.26. The van der Waals surface area contributed by atoms with Gasteiger partial charge in [-0.25, -0.2) is 0 Å². The van der Waals surface area contributed by atoms with Gasteiger partial charge < -0.3 is 15.0 Å². The third-order valence-electron chi connectivity index (χ3n) is 2.81. The minimum Gasteiger partial charge on any atom is -0.484 e. The van der Waals surface area contributed by atoms with Crippen LogP contribution in [0.25, 0.3) is 11.4 Å². The molecule has 0 unspecified atom stereocenters. The molecule has 3 rings (SSSR count). The Labute approximate surface area is 120 Å². The predicted octanol–water partition coefficient (Wildman–Crippen LogP) is 3.27. The summed E-state index contributed by atoms with van der Waals surface area (Å²) in [5, 5.41) is 8.02. The van der Waals surface area contributed by atoms with Crippen LogP contribution in [-0.2, 0) is 6.61 Å². The Hall–Kier alpha value is -2.34. The highest BCUT2D eigenvalue weighted by Crippen LogP contribution is 2.24. The summed E-state index contributed by atoms with van der Waals surface area (Å²) in [4.78, 5) is 4.33. The maximum atomic E-state index is 5.61. The van der Waals surface area contributed by atoms with Gasteiger partial charge in [-0.05, 0) is 42.1 Å². The first kappa shape index (κ1) is 12.7. The standard InChI is InChI=1S/C14H13N3O2S/c1-9-7-20-8-12(9)14-16-13(19-17-14)6-18-11-4-2-10(15)3-5-11/h2-5,7-8H,6,15H2,1H3. The highest BCUT2D eigenvalue weighted by atomic mass is 32.1. The fraction of sp³-hybridized carbons (Fsp3) is 0.143. The second kappa shape index (κ2) is 5.34. The summed E-state index contributed by atoms with van der Waals surface area (Å²) in [7, 11) is 0. The van der Waals surface area contributed by atoms with Crippen molar-refractivity contribution in [1.82, 2.24) is 10.1 Å². The van der Waals surface area contributed by atoms with Crippen LogP contribution in [0.1, 0.15) is 11.5 Å². The van der Waals surface area contributed by atoms with Crippen LogP contribution in [0.2, 0.25) is 0 Å². The molecule has 2 N–H and O–H groups in total. The largest absolute Gasteiger partial charge is 0.484 e. The second-order valence-electron chi connectivity index (χ2n) is 4.34. The molecular formula is C14H13N3O2S. The van der Waals surface area contributed by atoms with Crippen molar-refractivity contribution in [3.05, 3.63) is 46.5 Å². The summed E-state index contributed by atoms with van der Waals surface area (Å²) in [5.41, 5.74) is 8.45. The maximum Gasteiger partial charge on any atom is 0.264 e. The Morgan fingerprint density at radius 2 is 2.05 bits per heavy atom. The van der Waals surface area contributed by atoms with E-state index in [-0.39, 0.29) is 6.61 Å². The van der Waals surface area contributed by atoms with E-state index in [1.54, 1.807) is 35.6 Å². The van der Waals surface area contributed by atoms with Crippen molar-refractivity contribution in [3.8, 4) is 17.1 Å². The first-order valence-corrected chi connectivity index (χ1v) is 7.01.